The van der Waals surface area contributed by atoms with E-state index < -0.39 is 4.92 Å². The zero-order valence-electron chi connectivity index (χ0n) is 11.3. The second-order valence-corrected chi connectivity index (χ2v) is 5.92. The second kappa shape index (κ2) is 4.81. The molecule has 6 nitrogen and oxygen atoms in total. The van der Waals surface area contributed by atoms with Gasteiger partial charge in [0.05, 0.1) is 28.1 Å². The summed E-state index contributed by atoms with van der Waals surface area (Å²) in [7, 11) is 0. The van der Waals surface area contributed by atoms with Crippen LogP contribution < -0.4 is 4.74 Å². The van der Waals surface area contributed by atoms with Gasteiger partial charge in [-0.05, 0) is 24.3 Å². The number of non-ortho nitro benzene ring substituents is 1. The summed E-state index contributed by atoms with van der Waals surface area (Å²) in [6.07, 6.45) is 0. The molecule has 3 aromatic rings. The monoisotopic (exact) mass is 359 g/mol. The Kier molecular flexibility index (Phi) is 2.90. The molecule has 0 bridgehead atoms. The smallest absolute Gasteiger partial charge is 0.271 e. The summed E-state index contributed by atoms with van der Waals surface area (Å²) in [6, 6.07) is 10.5. The van der Waals surface area contributed by atoms with Gasteiger partial charge in [0, 0.05) is 16.6 Å². The summed E-state index contributed by atoms with van der Waals surface area (Å²) >= 11 is 3.46. The zero-order valence-corrected chi connectivity index (χ0v) is 12.9. The molecule has 0 spiro atoms. The van der Waals surface area contributed by atoms with Crippen molar-refractivity contribution in [3.05, 3.63) is 51.0 Å². The Balaban J connectivity index is 2.01. The molecular weight excluding hydrogens is 350 g/mol. The van der Waals surface area contributed by atoms with E-state index in [1.807, 2.05) is 22.8 Å². The standard InChI is InChI=1S/C15H10BrN3O3/c16-9-1-4-14-11(7-9)15-17-12-8-10(19(20)21)2-3-13(12)18(15)5-6-22-14/h1-4,7-8H,5-6H2. The molecule has 4 rings (SSSR count). The third-order valence-corrected chi connectivity index (χ3v) is 4.19. The van der Waals surface area contributed by atoms with Gasteiger partial charge in [0.1, 0.15) is 18.2 Å². The fraction of sp³-hybridized carbons (Fsp3) is 0.133. The van der Waals surface area contributed by atoms with Crippen LogP contribution in [0.1, 0.15) is 0 Å². The van der Waals surface area contributed by atoms with Crippen LogP contribution in [0.5, 0.6) is 5.75 Å². The van der Waals surface area contributed by atoms with Gasteiger partial charge in [0.25, 0.3) is 5.69 Å². The number of benzene rings is 2. The molecule has 2 heterocycles. The van der Waals surface area contributed by atoms with Crippen molar-refractivity contribution in [3.8, 4) is 17.1 Å². The molecule has 110 valence electrons. The average molecular weight is 360 g/mol. The quantitative estimate of drug-likeness (QED) is 0.489. The van der Waals surface area contributed by atoms with Crippen LogP contribution in [-0.2, 0) is 6.54 Å². The first-order chi connectivity index (χ1) is 10.6. The summed E-state index contributed by atoms with van der Waals surface area (Å²) in [5, 5.41) is 10.9. The van der Waals surface area contributed by atoms with E-state index in [4.69, 9.17) is 4.74 Å². The number of nitro benzene ring substituents is 1. The molecule has 22 heavy (non-hydrogen) atoms. The van der Waals surface area contributed by atoms with E-state index in [0.717, 1.165) is 27.1 Å². The van der Waals surface area contributed by atoms with E-state index in [9.17, 15) is 10.1 Å². The van der Waals surface area contributed by atoms with Gasteiger partial charge in [0.2, 0.25) is 0 Å². The van der Waals surface area contributed by atoms with Crippen LogP contribution in [0.3, 0.4) is 0 Å². The van der Waals surface area contributed by atoms with Gasteiger partial charge in [-0.15, -0.1) is 0 Å². The van der Waals surface area contributed by atoms with Crippen molar-refractivity contribution >= 4 is 32.7 Å². The van der Waals surface area contributed by atoms with Gasteiger partial charge < -0.3 is 9.30 Å². The van der Waals surface area contributed by atoms with Crippen LogP contribution in [0.15, 0.2) is 40.9 Å². The van der Waals surface area contributed by atoms with E-state index in [2.05, 4.69) is 20.9 Å². The fourth-order valence-corrected chi connectivity index (χ4v) is 3.07. The van der Waals surface area contributed by atoms with Crippen molar-refractivity contribution in [1.82, 2.24) is 9.55 Å². The maximum atomic E-state index is 10.9. The molecule has 0 amide bonds. The first-order valence-corrected chi connectivity index (χ1v) is 7.50. The largest absolute Gasteiger partial charge is 0.491 e. The molecule has 0 fully saturated rings. The highest BCUT2D eigenvalue weighted by Gasteiger charge is 2.21. The van der Waals surface area contributed by atoms with Crippen LogP contribution >= 0.6 is 15.9 Å². The number of aromatic nitrogens is 2. The topological polar surface area (TPSA) is 70.2 Å². The normalized spacial score (nSPS) is 13.1. The Morgan fingerprint density at radius 3 is 2.95 bits per heavy atom. The molecule has 1 aliphatic rings. The van der Waals surface area contributed by atoms with Crippen molar-refractivity contribution in [2.75, 3.05) is 6.61 Å². The van der Waals surface area contributed by atoms with Gasteiger partial charge in [-0.25, -0.2) is 4.98 Å². The Morgan fingerprint density at radius 2 is 2.14 bits per heavy atom. The fourth-order valence-electron chi connectivity index (χ4n) is 2.71. The Labute approximate surface area is 133 Å². The molecule has 0 saturated carbocycles. The Bertz CT molecular complexity index is 920. The molecule has 0 N–H and O–H groups in total. The number of nitro groups is 1. The number of nitrogens with zero attached hydrogens (tertiary/aromatic N) is 3. The summed E-state index contributed by atoms with van der Waals surface area (Å²) in [6.45, 7) is 1.18. The van der Waals surface area contributed by atoms with Crippen LogP contribution in [0.2, 0.25) is 0 Å². The lowest BCUT2D eigenvalue weighted by Crippen LogP contribution is -2.05. The summed E-state index contributed by atoms with van der Waals surface area (Å²) < 4.78 is 8.74. The number of ether oxygens (including phenoxy) is 1. The maximum Gasteiger partial charge on any atom is 0.271 e. The molecule has 0 unspecified atom stereocenters. The summed E-state index contributed by atoms with van der Waals surface area (Å²) in [4.78, 5) is 15.1. The van der Waals surface area contributed by atoms with Gasteiger partial charge in [-0.3, -0.25) is 10.1 Å². The number of fused-ring (bicyclic) bond motifs is 5. The van der Waals surface area contributed by atoms with E-state index in [1.165, 1.54) is 12.1 Å². The third kappa shape index (κ3) is 1.97. The number of rotatable bonds is 1. The zero-order chi connectivity index (χ0) is 15.3. The van der Waals surface area contributed by atoms with Crippen LogP contribution in [0, 0.1) is 10.1 Å². The molecule has 1 aliphatic heterocycles. The lowest BCUT2D eigenvalue weighted by Gasteiger charge is -2.05. The average Bonchev–Trinajstić information content (AvgIpc) is 2.77. The Morgan fingerprint density at radius 1 is 1.27 bits per heavy atom. The second-order valence-electron chi connectivity index (χ2n) is 5.01. The van der Waals surface area contributed by atoms with E-state index >= 15 is 0 Å². The molecule has 2 aromatic carbocycles. The van der Waals surface area contributed by atoms with Crippen molar-refractivity contribution in [2.45, 2.75) is 6.54 Å². The highest BCUT2D eigenvalue weighted by atomic mass is 79.9. The minimum Gasteiger partial charge on any atom is -0.491 e. The predicted octanol–water partition coefficient (Wildman–Crippen LogP) is 3.77. The molecule has 1 aromatic heterocycles. The first kappa shape index (κ1) is 13.3. The highest BCUT2D eigenvalue weighted by Crippen LogP contribution is 2.36. The molecule has 0 radical (unpaired) electrons. The first-order valence-electron chi connectivity index (χ1n) is 6.71. The van der Waals surface area contributed by atoms with E-state index in [1.54, 1.807) is 6.07 Å². The minimum absolute atomic E-state index is 0.0477. The van der Waals surface area contributed by atoms with Crippen molar-refractivity contribution < 1.29 is 9.66 Å². The lowest BCUT2D eigenvalue weighted by atomic mass is 10.2. The van der Waals surface area contributed by atoms with Crippen molar-refractivity contribution in [2.24, 2.45) is 0 Å². The molecule has 0 atom stereocenters. The van der Waals surface area contributed by atoms with Gasteiger partial charge in [-0.1, -0.05) is 15.9 Å². The van der Waals surface area contributed by atoms with Crippen LogP contribution in [-0.4, -0.2) is 21.1 Å². The van der Waals surface area contributed by atoms with E-state index in [0.29, 0.717) is 18.7 Å². The SMILES string of the molecule is O=[N+]([O-])c1ccc2c(c1)nc1n2CCOc2ccc(Br)cc2-1. The van der Waals surface area contributed by atoms with Gasteiger partial charge in [0.15, 0.2) is 0 Å². The summed E-state index contributed by atoms with van der Waals surface area (Å²) in [5.41, 5.74) is 2.42. The van der Waals surface area contributed by atoms with Crippen LogP contribution in [0.25, 0.3) is 22.4 Å². The number of halogens is 1. The molecule has 0 aliphatic carbocycles. The van der Waals surface area contributed by atoms with Crippen molar-refractivity contribution in [1.29, 1.82) is 0 Å². The lowest BCUT2D eigenvalue weighted by molar-refractivity contribution is -0.384. The Hall–Kier alpha value is -2.41. The number of hydrogen-bond donors (Lipinski definition) is 0. The van der Waals surface area contributed by atoms with Gasteiger partial charge >= 0.3 is 0 Å². The maximum absolute atomic E-state index is 10.9. The highest BCUT2D eigenvalue weighted by molar-refractivity contribution is 9.10. The minimum atomic E-state index is -0.405. The van der Waals surface area contributed by atoms with Crippen molar-refractivity contribution in [3.63, 3.8) is 0 Å². The molecule has 0 saturated heterocycles. The molecule has 7 heteroatoms. The predicted molar refractivity (Wildman–Crippen MR) is 85.0 cm³/mol. The number of hydrogen-bond acceptors (Lipinski definition) is 4. The van der Waals surface area contributed by atoms with E-state index in [-0.39, 0.29) is 5.69 Å². The summed E-state index contributed by atoms with van der Waals surface area (Å²) in [5.74, 6) is 1.54. The molecular formula is C15H10BrN3O3. The van der Waals surface area contributed by atoms with Gasteiger partial charge in [-0.2, -0.15) is 0 Å². The van der Waals surface area contributed by atoms with Crippen LogP contribution in [0.4, 0.5) is 5.69 Å². The number of imidazole rings is 1. The third-order valence-electron chi connectivity index (χ3n) is 3.70.